The van der Waals surface area contributed by atoms with Crippen molar-refractivity contribution in [2.75, 3.05) is 0 Å². The van der Waals surface area contributed by atoms with E-state index in [1.807, 2.05) is 6.92 Å². The van der Waals surface area contributed by atoms with Gasteiger partial charge >= 0.3 is 0 Å². The molecular formula is C14H18F2N2S. The summed E-state index contributed by atoms with van der Waals surface area (Å²) in [6.07, 6.45) is 1.90. The second-order valence-corrected chi connectivity index (χ2v) is 5.76. The van der Waals surface area contributed by atoms with Crippen molar-refractivity contribution in [3.63, 3.8) is 0 Å². The van der Waals surface area contributed by atoms with Gasteiger partial charge < -0.3 is 9.55 Å². The first-order chi connectivity index (χ1) is 8.91. The Bertz CT molecular complexity index is 643. The molecule has 0 saturated heterocycles. The number of halogens is 2. The third kappa shape index (κ3) is 2.71. The summed E-state index contributed by atoms with van der Waals surface area (Å²) in [6.45, 7) is 6.26. The largest absolute Gasteiger partial charge is 0.330 e. The highest BCUT2D eigenvalue weighted by Crippen LogP contribution is 2.26. The highest BCUT2D eigenvalue weighted by atomic mass is 32.1. The van der Waals surface area contributed by atoms with Crippen LogP contribution in [0, 0.1) is 22.3 Å². The van der Waals surface area contributed by atoms with Gasteiger partial charge in [-0.05, 0) is 50.0 Å². The molecule has 0 aliphatic rings. The normalized spacial score (nSPS) is 13.4. The number of rotatable bonds is 4. The summed E-state index contributed by atoms with van der Waals surface area (Å²) in [5.74, 6) is -1.10. The van der Waals surface area contributed by atoms with Gasteiger partial charge in [-0.15, -0.1) is 0 Å². The van der Waals surface area contributed by atoms with Crippen LogP contribution in [0.25, 0.3) is 11.0 Å². The molecule has 0 saturated carbocycles. The first kappa shape index (κ1) is 14.2. The van der Waals surface area contributed by atoms with Crippen LogP contribution in [0.3, 0.4) is 0 Å². The molecule has 5 heteroatoms. The van der Waals surface area contributed by atoms with Crippen molar-refractivity contribution in [3.05, 3.63) is 28.5 Å². The van der Waals surface area contributed by atoms with Crippen LogP contribution < -0.4 is 0 Å². The van der Waals surface area contributed by atoms with Gasteiger partial charge in [-0.1, -0.05) is 13.8 Å². The number of benzene rings is 1. The average molecular weight is 284 g/mol. The summed E-state index contributed by atoms with van der Waals surface area (Å²) < 4.78 is 29.5. The maximum Gasteiger partial charge on any atom is 0.184 e. The van der Waals surface area contributed by atoms with E-state index in [-0.39, 0.29) is 11.6 Å². The molecule has 0 spiro atoms. The van der Waals surface area contributed by atoms with Gasteiger partial charge in [0.15, 0.2) is 16.4 Å². The average Bonchev–Trinajstić information content (AvgIpc) is 2.68. The van der Waals surface area contributed by atoms with Gasteiger partial charge in [0.2, 0.25) is 0 Å². The zero-order valence-electron chi connectivity index (χ0n) is 11.3. The molecule has 1 aromatic heterocycles. The van der Waals surface area contributed by atoms with Crippen LogP contribution in [0.15, 0.2) is 12.1 Å². The second-order valence-electron chi connectivity index (χ2n) is 5.38. The third-order valence-corrected chi connectivity index (χ3v) is 3.67. The van der Waals surface area contributed by atoms with Gasteiger partial charge in [0.1, 0.15) is 5.52 Å². The number of aromatic nitrogens is 2. The lowest BCUT2D eigenvalue weighted by atomic mass is 10.0. The zero-order chi connectivity index (χ0) is 14.2. The Labute approximate surface area is 116 Å². The Morgan fingerprint density at radius 2 is 1.89 bits per heavy atom. The molecule has 0 radical (unpaired) electrons. The molecule has 0 fully saturated rings. The Balaban J connectivity index is 2.50. The summed E-state index contributed by atoms with van der Waals surface area (Å²) >= 11 is 5.23. The van der Waals surface area contributed by atoms with E-state index in [0.717, 1.165) is 18.9 Å². The standard InChI is InChI=1S/C14H18F2N2S/c1-8(2)4-5-9(3)18-13-11(17-14(18)19)7-6-10(15)12(13)16/h6-9H,4-5H2,1-3H3,(H,17,19). The van der Waals surface area contributed by atoms with Crippen LogP contribution in [0.4, 0.5) is 8.78 Å². The molecule has 0 aliphatic heterocycles. The predicted octanol–water partition coefficient (Wildman–Crippen LogP) is 4.97. The van der Waals surface area contributed by atoms with Crippen molar-refractivity contribution >= 4 is 23.3 Å². The summed E-state index contributed by atoms with van der Waals surface area (Å²) in [4.78, 5) is 2.93. The fraction of sp³-hybridized carbons (Fsp3) is 0.500. The number of H-pyrrole nitrogens is 1. The summed E-state index contributed by atoms with van der Waals surface area (Å²) in [6, 6.07) is 2.68. The summed E-state index contributed by atoms with van der Waals surface area (Å²) in [7, 11) is 0. The van der Waals surface area contributed by atoms with E-state index < -0.39 is 11.6 Å². The maximum atomic E-state index is 14.0. The molecule has 1 aromatic carbocycles. The molecule has 0 amide bonds. The first-order valence-corrected chi connectivity index (χ1v) is 6.90. The molecule has 0 bridgehead atoms. The zero-order valence-corrected chi connectivity index (χ0v) is 12.2. The Morgan fingerprint density at radius 1 is 1.21 bits per heavy atom. The first-order valence-electron chi connectivity index (χ1n) is 6.50. The van der Waals surface area contributed by atoms with Crippen molar-refractivity contribution in [1.82, 2.24) is 9.55 Å². The van der Waals surface area contributed by atoms with E-state index in [0.29, 0.717) is 16.2 Å². The van der Waals surface area contributed by atoms with Crippen molar-refractivity contribution < 1.29 is 8.78 Å². The van der Waals surface area contributed by atoms with Gasteiger partial charge in [-0.3, -0.25) is 0 Å². The van der Waals surface area contributed by atoms with Crippen LogP contribution in [0.5, 0.6) is 0 Å². The lowest BCUT2D eigenvalue weighted by molar-refractivity contribution is 0.437. The lowest BCUT2D eigenvalue weighted by Gasteiger charge is -2.16. The number of nitrogens with zero attached hydrogens (tertiary/aromatic N) is 1. The molecule has 2 nitrogen and oxygen atoms in total. The molecular weight excluding hydrogens is 266 g/mol. The van der Waals surface area contributed by atoms with Crippen LogP contribution >= 0.6 is 12.2 Å². The maximum absolute atomic E-state index is 14.0. The van der Waals surface area contributed by atoms with Gasteiger partial charge in [0, 0.05) is 6.04 Å². The number of hydrogen-bond acceptors (Lipinski definition) is 1. The molecule has 19 heavy (non-hydrogen) atoms. The van der Waals surface area contributed by atoms with Gasteiger partial charge in [0.05, 0.1) is 5.52 Å². The molecule has 1 heterocycles. The Morgan fingerprint density at radius 3 is 2.53 bits per heavy atom. The topological polar surface area (TPSA) is 20.7 Å². The van der Waals surface area contributed by atoms with Crippen molar-refractivity contribution in [2.45, 2.75) is 39.7 Å². The molecule has 1 unspecified atom stereocenters. The predicted molar refractivity (Wildman–Crippen MR) is 75.8 cm³/mol. The SMILES string of the molecule is CC(C)CCC(C)n1c(=S)[nH]c2ccc(F)c(F)c21. The second kappa shape index (κ2) is 5.41. The fourth-order valence-corrected chi connectivity index (χ4v) is 2.66. The Hall–Kier alpha value is -1.23. The highest BCUT2D eigenvalue weighted by Gasteiger charge is 2.17. The highest BCUT2D eigenvalue weighted by molar-refractivity contribution is 7.71. The number of aromatic amines is 1. The molecule has 0 aliphatic carbocycles. The fourth-order valence-electron chi connectivity index (χ4n) is 2.28. The lowest BCUT2D eigenvalue weighted by Crippen LogP contribution is -2.08. The molecule has 2 rings (SSSR count). The summed E-state index contributed by atoms with van der Waals surface area (Å²) in [5, 5.41) is 0. The monoisotopic (exact) mass is 284 g/mol. The van der Waals surface area contributed by atoms with E-state index >= 15 is 0 Å². The number of hydrogen-bond donors (Lipinski definition) is 1. The molecule has 2 aromatic rings. The minimum absolute atomic E-state index is 0.0416. The number of nitrogens with one attached hydrogen (secondary N) is 1. The van der Waals surface area contributed by atoms with Crippen LogP contribution in [-0.2, 0) is 0 Å². The number of imidazole rings is 1. The van der Waals surface area contributed by atoms with Crippen LogP contribution in [0.2, 0.25) is 0 Å². The third-order valence-electron chi connectivity index (χ3n) is 3.37. The van der Waals surface area contributed by atoms with E-state index in [9.17, 15) is 8.78 Å². The quantitative estimate of drug-likeness (QED) is 0.786. The number of fused-ring (bicyclic) bond motifs is 1. The smallest absolute Gasteiger partial charge is 0.184 e. The van der Waals surface area contributed by atoms with E-state index in [1.165, 1.54) is 6.07 Å². The van der Waals surface area contributed by atoms with Gasteiger partial charge in [0.25, 0.3) is 0 Å². The van der Waals surface area contributed by atoms with Crippen molar-refractivity contribution in [1.29, 1.82) is 0 Å². The molecule has 1 atom stereocenters. The molecule has 104 valence electrons. The van der Waals surface area contributed by atoms with Crippen LogP contribution in [0.1, 0.15) is 39.7 Å². The van der Waals surface area contributed by atoms with Crippen molar-refractivity contribution in [2.24, 2.45) is 5.92 Å². The van der Waals surface area contributed by atoms with E-state index in [4.69, 9.17) is 12.2 Å². The summed E-state index contributed by atoms with van der Waals surface area (Å²) in [5.41, 5.74) is 0.779. The van der Waals surface area contributed by atoms with E-state index in [2.05, 4.69) is 18.8 Å². The Kier molecular flexibility index (Phi) is 4.04. The minimum Gasteiger partial charge on any atom is -0.330 e. The van der Waals surface area contributed by atoms with Gasteiger partial charge in [-0.2, -0.15) is 0 Å². The minimum atomic E-state index is -0.841. The van der Waals surface area contributed by atoms with Gasteiger partial charge in [-0.25, -0.2) is 8.78 Å². The van der Waals surface area contributed by atoms with Crippen molar-refractivity contribution in [3.8, 4) is 0 Å². The van der Waals surface area contributed by atoms with E-state index in [1.54, 1.807) is 4.57 Å². The van der Waals surface area contributed by atoms with Crippen LogP contribution in [-0.4, -0.2) is 9.55 Å². The molecule has 1 N–H and O–H groups in total.